The molecule has 0 spiro atoms. The summed E-state index contributed by atoms with van der Waals surface area (Å²) in [7, 11) is 0. The molecule has 0 aliphatic rings. The van der Waals surface area contributed by atoms with Crippen LogP contribution in [0.25, 0.3) is 22.0 Å². The van der Waals surface area contributed by atoms with E-state index in [1.807, 2.05) is 6.20 Å². The lowest BCUT2D eigenvalue weighted by Gasteiger charge is -2.12. The summed E-state index contributed by atoms with van der Waals surface area (Å²) >= 11 is 0. The van der Waals surface area contributed by atoms with Gasteiger partial charge >= 0.3 is 0 Å². The summed E-state index contributed by atoms with van der Waals surface area (Å²) in [6, 6.07) is 13.5. The van der Waals surface area contributed by atoms with Gasteiger partial charge in [0, 0.05) is 17.1 Å². The first-order valence-electron chi connectivity index (χ1n) is 8.41. The number of pyridine rings is 1. The van der Waals surface area contributed by atoms with Crippen molar-refractivity contribution >= 4 is 10.8 Å². The van der Waals surface area contributed by atoms with Crippen molar-refractivity contribution in [2.75, 3.05) is 0 Å². The first-order chi connectivity index (χ1) is 10.9. The van der Waals surface area contributed by atoms with E-state index >= 15 is 0 Å². The van der Waals surface area contributed by atoms with Crippen molar-refractivity contribution in [2.24, 2.45) is 5.92 Å². The highest BCUT2D eigenvalue weighted by Crippen LogP contribution is 2.28. The van der Waals surface area contributed by atoms with E-state index in [-0.39, 0.29) is 0 Å². The first-order valence-corrected chi connectivity index (χ1v) is 8.41. The second-order valence-corrected chi connectivity index (χ2v) is 7.10. The molecule has 0 aliphatic carbocycles. The smallest absolute Gasteiger partial charge is 0.0711 e. The zero-order chi connectivity index (χ0) is 16.6. The molecule has 3 rings (SSSR count). The van der Waals surface area contributed by atoms with Crippen LogP contribution in [0.1, 0.15) is 36.1 Å². The Kier molecular flexibility index (Phi) is 4.21. The predicted molar refractivity (Wildman–Crippen MR) is 99.9 cm³/mol. The topological polar surface area (TPSA) is 12.9 Å². The highest BCUT2D eigenvalue weighted by Gasteiger charge is 2.08. The Labute approximate surface area is 139 Å². The molecule has 1 nitrogen and oxygen atoms in total. The fourth-order valence-electron chi connectivity index (χ4n) is 3.24. The largest absolute Gasteiger partial charge is 0.256 e. The van der Waals surface area contributed by atoms with Crippen LogP contribution >= 0.6 is 0 Å². The van der Waals surface area contributed by atoms with Crippen molar-refractivity contribution in [3.8, 4) is 11.3 Å². The zero-order valence-corrected chi connectivity index (χ0v) is 14.8. The van der Waals surface area contributed by atoms with Crippen molar-refractivity contribution in [1.82, 2.24) is 4.98 Å². The predicted octanol–water partition coefficient (Wildman–Crippen LogP) is 6.03. The number of hydrogen-bond acceptors (Lipinski definition) is 1. The molecule has 1 aromatic heterocycles. The lowest BCUT2D eigenvalue weighted by molar-refractivity contribution is 0.648. The molecule has 0 atom stereocenters. The summed E-state index contributed by atoms with van der Waals surface area (Å²) in [4.78, 5) is 4.71. The SMILES string of the molecule is Cc1cc(C)c(C)c(-c2cc3cc(CC(C)C)ccc3cn2)c1. The minimum Gasteiger partial charge on any atom is -0.256 e. The second kappa shape index (κ2) is 6.16. The van der Waals surface area contributed by atoms with Crippen LogP contribution in [0, 0.1) is 26.7 Å². The second-order valence-electron chi connectivity index (χ2n) is 7.10. The van der Waals surface area contributed by atoms with Crippen LogP contribution in [0.15, 0.2) is 42.6 Å². The molecule has 0 aliphatic heterocycles. The molecular formula is C22H25N. The molecular weight excluding hydrogens is 278 g/mol. The van der Waals surface area contributed by atoms with E-state index in [1.54, 1.807) is 0 Å². The van der Waals surface area contributed by atoms with Crippen LogP contribution in [-0.2, 0) is 6.42 Å². The zero-order valence-electron chi connectivity index (χ0n) is 14.8. The average Bonchev–Trinajstić information content (AvgIpc) is 2.49. The Morgan fingerprint density at radius 3 is 2.43 bits per heavy atom. The van der Waals surface area contributed by atoms with Gasteiger partial charge in [-0.05, 0) is 67.3 Å². The number of rotatable bonds is 3. The van der Waals surface area contributed by atoms with Gasteiger partial charge in [0.05, 0.1) is 5.69 Å². The maximum Gasteiger partial charge on any atom is 0.0711 e. The summed E-state index contributed by atoms with van der Waals surface area (Å²) in [5, 5.41) is 2.50. The first kappa shape index (κ1) is 15.7. The average molecular weight is 303 g/mol. The van der Waals surface area contributed by atoms with Gasteiger partial charge in [-0.15, -0.1) is 0 Å². The molecule has 1 heterocycles. The van der Waals surface area contributed by atoms with E-state index in [2.05, 4.69) is 71.0 Å². The van der Waals surface area contributed by atoms with E-state index in [4.69, 9.17) is 4.98 Å². The molecule has 3 aromatic rings. The van der Waals surface area contributed by atoms with Gasteiger partial charge in [-0.1, -0.05) is 43.7 Å². The number of aryl methyl sites for hydroxylation is 2. The summed E-state index contributed by atoms with van der Waals surface area (Å²) < 4.78 is 0. The fourth-order valence-corrected chi connectivity index (χ4v) is 3.24. The molecule has 0 amide bonds. The van der Waals surface area contributed by atoms with Crippen LogP contribution in [0.3, 0.4) is 0 Å². The molecule has 0 N–H and O–H groups in total. The molecule has 0 fully saturated rings. The third kappa shape index (κ3) is 3.29. The number of aromatic nitrogens is 1. The van der Waals surface area contributed by atoms with Gasteiger partial charge in [0.2, 0.25) is 0 Å². The molecule has 1 heteroatoms. The standard InChI is InChI=1S/C22H25N/c1-14(2)8-18-6-7-19-13-23-22(12-20(19)11-18)21-10-15(3)9-16(4)17(21)5/h6-7,9-14H,8H2,1-5H3. The monoisotopic (exact) mass is 303 g/mol. The van der Waals surface area contributed by atoms with Crippen molar-refractivity contribution in [2.45, 2.75) is 41.0 Å². The number of hydrogen-bond donors (Lipinski definition) is 0. The third-order valence-corrected chi connectivity index (χ3v) is 4.52. The van der Waals surface area contributed by atoms with Gasteiger partial charge < -0.3 is 0 Å². The van der Waals surface area contributed by atoms with Crippen molar-refractivity contribution < 1.29 is 0 Å². The molecule has 2 aromatic carbocycles. The molecule has 0 saturated carbocycles. The maximum atomic E-state index is 4.71. The Balaban J connectivity index is 2.12. The number of fused-ring (bicyclic) bond motifs is 1. The molecule has 0 unspecified atom stereocenters. The van der Waals surface area contributed by atoms with E-state index < -0.39 is 0 Å². The van der Waals surface area contributed by atoms with Crippen LogP contribution in [0.2, 0.25) is 0 Å². The van der Waals surface area contributed by atoms with Gasteiger partial charge in [0.25, 0.3) is 0 Å². The van der Waals surface area contributed by atoms with E-state index in [0.717, 1.165) is 12.1 Å². The molecule has 23 heavy (non-hydrogen) atoms. The van der Waals surface area contributed by atoms with E-state index in [9.17, 15) is 0 Å². The molecule has 118 valence electrons. The number of nitrogens with zero attached hydrogens (tertiary/aromatic N) is 1. The Bertz CT molecular complexity index is 859. The van der Waals surface area contributed by atoms with Crippen LogP contribution in [0.4, 0.5) is 0 Å². The summed E-state index contributed by atoms with van der Waals surface area (Å²) in [6.07, 6.45) is 3.12. The van der Waals surface area contributed by atoms with Gasteiger partial charge in [-0.25, -0.2) is 0 Å². The summed E-state index contributed by atoms with van der Waals surface area (Å²) in [6.45, 7) is 11.0. The Morgan fingerprint density at radius 2 is 1.70 bits per heavy atom. The summed E-state index contributed by atoms with van der Waals surface area (Å²) in [5.41, 5.74) is 7.67. The van der Waals surface area contributed by atoms with Crippen LogP contribution in [0.5, 0.6) is 0 Å². The highest BCUT2D eigenvalue weighted by atomic mass is 14.7. The Morgan fingerprint density at radius 1 is 0.913 bits per heavy atom. The highest BCUT2D eigenvalue weighted by molar-refractivity contribution is 5.86. The van der Waals surface area contributed by atoms with Crippen LogP contribution in [-0.4, -0.2) is 4.98 Å². The lowest BCUT2D eigenvalue weighted by atomic mass is 9.96. The van der Waals surface area contributed by atoms with Crippen LogP contribution < -0.4 is 0 Å². The lowest BCUT2D eigenvalue weighted by Crippen LogP contribution is -1.95. The van der Waals surface area contributed by atoms with Crippen molar-refractivity contribution in [1.29, 1.82) is 0 Å². The van der Waals surface area contributed by atoms with Gasteiger partial charge in [-0.3, -0.25) is 4.98 Å². The van der Waals surface area contributed by atoms with Gasteiger partial charge in [0.15, 0.2) is 0 Å². The molecule has 0 saturated heterocycles. The number of benzene rings is 2. The molecule has 0 bridgehead atoms. The van der Waals surface area contributed by atoms with Crippen molar-refractivity contribution in [3.63, 3.8) is 0 Å². The van der Waals surface area contributed by atoms with E-state index in [0.29, 0.717) is 5.92 Å². The Hall–Kier alpha value is -2.15. The fraction of sp³-hybridized carbons (Fsp3) is 0.318. The minimum absolute atomic E-state index is 0.676. The van der Waals surface area contributed by atoms with Crippen molar-refractivity contribution in [3.05, 3.63) is 64.8 Å². The maximum absolute atomic E-state index is 4.71. The normalized spacial score (nSPS) is 11.4. The van der Waals surface area contributed by atoms with Gasteiger partial charge in [-0.2, -0.15) is 0 Å². The molecule has 0 radical (unpaired) electrons. The third-order valence-electron chi connectivity index (χ3n) is 4.52. The quantitative estimate of drug-likeness (QED) is 0.576. The minimum atomic E-state index is 0.676. The summed E-state index contributed by atoms with van der Waals surface area (Å²) in [5.74, 6) is 0.676. The van der Waals surface area contributed by atoms with E-state index in [1.165, 1.54) is 38.6 Å². The van der Waals surface area contributed by atoms with Gasteiger partial charge in [0.1, 0.15) is 0 Å².